The smallest absolute Gasteiger partial charge is 0 e. The summed E-state index contributed by atoms with van der Waals surface area (Å²) in [5.74, 6) is 0. The van der Waals surface area contributed by atoms with E-state index in [0.717, 1.165) is 0 Å². The summed E-state index contributed by atoms with van der Waals surface area (Å²) in [5, 5.41) is 0. The second kappa shape index (κ2) is 166. The minimum absolute atomic E-state index is 0. The molecule has 0 aliphatic carbocycles. The molecule has 0 heterocycles. The second-order valence-electron chi connectivity index (χ2n) is 0. The van der Waals surface area contributed by atoms with Gasteiger partial charge in [-0.2, -0.15) is 0 Å². The summed E-state index contributed by atoms with van der Waals surface area (Å²) < 4.78 is 0. The van der Waals surface area contributed by atoms with Crippen LogP contribution in [0.15, 0.2) is 0 Å². The number of hydrogen-bond donors (Lipinski definition) is 0. The molecule has 0 aromatic rings. The van der Waals surface area contributed by atoms with Gasteiger partial charge in [0, 0.05) is 173 Å². The molecule has 0 aliphatic rings. The van der Waals surface area contributed by atoms with Gasteiger partial charge in [0.05, 0.1) is 0 Å². The quantitative estimate of drug-likeness (QED) is 0.408. The summed E-state index contributed by atoms with van der Waals surface area (Å²) in [7, 11) is 0. The zero-order valence-corrected chi connectivity index (χ0v) is 28.2. The first-order chi connectivity index (χ1) is 0. The van der Waals surface area contributed by atoms with Crippen LogP contribution in [-0.2, 0) is 136 Å². The first-order valence-corrected chi connectivity index (χ1v) is 0. The van der Waals surface area contributed by atoms with Crippen molar-refractivity contribution in [2.24, 2.45) is 0 Å². The summed E-state index contributed by atoms with van der Waals surface area (Å²) in [6.07, 6.45) is 0. The van der Waals surface area contributed by atoms with E-state index in [2.05, 4.69) is 0 Å². The molecule has 0 amide bonds. The van der Waals surface area contributed by atoms with Crippen LogP contribution >= 0.6 is 0 Å². The van der Waals surface area contributed by atoms with Gasteiger partial charge in [-0.15, -0.1) is 0 Å². The van der Waals surface area contributed by atoms with Gasteiger partial charge in [0.15, 0.2) is 0 Å². The largest absolute Gasteiger partial charge is 0 e. The van der Waals surface area contributed by atoms with Gasteiger partial charge in [0.25, 0.3) is 0 Å². The van der Waals surface area contributed by atoms with Crippen LogP contribution in [0.25, 0.3) is 0 Å². The molecule has 0 saturated carbocycles. The van der Waals surface area contributed by atoms with E-state index < -0.39 is 0 Å². The Labute approximate surface area is 170 Å². The molecule has 0 fully saturated rings. The molecule has 0 unspecified atom stereocenters. The van der Waals surface area contributed by atoms with Crippen molar-refractivity contribution >= 4 is 0 Å². The van der Waals surface area contributed by atoms with Gasteiger partial charge in [-0.1, -0.05) is 0 Å². The molecule has 34 valence electrons. The van der Waals surface area contributed by atoms with E-state index in [1.807, 2.05) is 0 Å². The minimum atomic E-state index is 0. The zero-order chi connectivity index (χ0) is 0. The fraction of sp³-hybridized carbons (Fsp3) is 0. The van der Waals surface area contributed by atoms with Gasteiger partial charge < -0.3 is 0 Å². The standard InChI is InChI=1S/5C.7Zn. The summed E-state index contributed by atoms with van der Waals surface area (Å²) >= 11 is 0. The molecule has 0 nitrogen and oxygen atoms in total. The Bertz CT molecular complexity index is 11.8. The van der Waals surface area contributed by atoms with Gasteiger partial charge >= 0.3 is 0 Å². The normalized spacial score (nSPS) is 0. The summed E-state index contributed by atoms with van der Waals surface area (Å²) in [5.41, 5.74) is 0. The molecular formula is C5Zn7. The molecular weight excluding hydrogens is 518 g/mol. The predicted molar refractivity (Wildman–Crippen MR) is 16.2 cm³/mol. The maximum absolute atomic E-state index is 0. The van der Waals surface area contributed by atoms with Crippen molar-refractivity contribution in [2.45, 2.75) is 0 Å². The average Bonchev–Trinajstić information content (AvgIpc) is 0. The molecule has 0 saturated heterocycles. The van der Waals surface area contributed by atoms with E-state index in [0.29, 0.717) is 0 Å². The number of hydrogen-bond acceptors (Lipinski definition) is 0. The van der Waals surface area contributed by atoms with E-state index >= 15 is 0 Å². The summed E-state index contributed by atoms with van der Waals surface area (Å²) in [6.45, 7) is 0. The zero-order valence-electron chi connectivity index (χ0n) is 7.45. The van der Waals surface area contributed by atoms with Crippen LogP contribution in [0.2, 0.25) is 0 Å². The van der Waals surface area contributed by atoms with E-state index in [9.17, 15) is 0 Å². The SMILES string of the molecule is [C].[C].[C].[C].[C].[Zn].[Zn].[Zn].[Zn].[Zn].[Zn].[Zn]. The molecule has 0 aliphatic heterocycles. The van der Waals surface area contributed by atoms with E-state index in [4.69, 9.17) is 0 Å². The molecule has 7 heteroatoms. The van der Waals surface area contributed by atoms with Crippen LogP contribution in [0.3, 0.4) is 0 Å². The van der Waals surface area contributed by atoms with Gasteiger partial charge in [-0.3, -0.25) is 0 Å². The Kier molecular flexibility index (Phi) is 2810. The Hall–Kier alpha value is 4.36. The van der Waals surface area contributed by atoms with E-state index in [1.165, 1.54) is 0 Å². The molecule has 20 radical (unpaired) electrons. The van der Waals surface area contributed by atoms with Gasteiger partial charge in [-0.05, 0) is 0 Å². The van der Waals surface area contributed by atoms with E-state index in [-0.39, 0.29) is 173 Å². The van der Waals surface area contributed by atoms with Crippen molar-refractivity contribution in [1.29, 1.82) is 0 Å². The molecule has 0 spiro atoms. The first kappa shape index (κ1) is 203. The Morgan fingerprint density at radius 1 is 0.167 bits per heavy atom. The van der Waals surface area contributed by atoms with Crippen molar-refractivity contribution in [3.05, 3.63) is 37.1 Å². The van der Waals surface area contributed by atoms with Gasteiger partial charge in [0.2, 0.25) is 0 Å². The van der Waals surface area contributed by atoms with E-state index in [1.54, 1.807) is 0 Å². The molecule has 0 aromatic carbocycles. The van der Waals surface area contributed by atoms with Gasteiger partial charge in [-0.25, -0.2) is 0 Å². The van der Waals surface area contributed by atoms with Crippen molar-refractivity contribution in [2.75, 3.05) is 0 Å². The Balaban J connectivity index is 0. The van der Waals surface area contributed by atoms with Crippen molar-refractivity contribution in [1.82, 2.24) is 0 Å². The Morgan fingerprint density at radius 3 is 0.167 bits per heavy atom. The third-order valence-corrected chi connectivity index (χ3v) is 0. The first-order valence-electron chi connectivity index (χ1n) is 0. The van der Waals surface area contributed by atoms with Crippen LogP contribution in [0.1, 0.15) is 0 Å². The maximum atomic E-state index is 0. The topological polar surface area (TPSA) is 0 Å². The summed E-state index contributed by atoms with van der Waals surface area (Å²) in [4.78, 5) is 0. The van der Waals surface area contributed by atoms with Crippen molar-refractivity contribution in [3.63, 3.8) is 0 Å². The molecule has 0 N–H and O–H groups in total. The summed E-state index contributed by atoms with van der Waals surface area (Å²) in [6, 6.07) is 0. The van der Waals surface area contributed by atoms with Crippen LogP contribution in [0.4, 0.5) is 0 Å². The molecule has 0 atom stereocenters. The van der Waals surface area contributed by atoms with Crippen LogP contribution in [0, 0.1) is 37.1 Å². The van der Waals surface area contributed by atoms with Crippen LogP contribution in [0.5, 0.6) is 0 Å². The Morgan fingerprint density at radius 2 is 0.167 bits per heavy atom. The fourth-order valence-corrected chi connectivity index (χ4v) is 0. The molecule has 0 aromatic heterocycles. The minimum Gasteiger partial charge on any atom is 0 e. The van der Waals surface area contributed by atoms with Crippen molar-refractivity contribution < 1.29 is 136 Å². The molecule has 12 heavy (non-hydrogen) atoms. The molecule has 0 bridgehead atoms. The third-order valence-electron chi connectivity index (χ3n) is 0. The average molecular weight is 518 g/mol. The number of rotatable bonds is 0. The maximum Gasteiger partial charge on any atom is 0 e. The third kappa shape index (κ3) is 135. The second-order valence-corrected chi connectivity index (χ2v) is 0. The fourth-order valence-electron chi connectivity index (χ4n) is 0. The van der Waals surface area contributed by atoms with Crippen molar-refractivity contribution in [3.8, 4) is 0 Å². The van der Waals surface area contributed by atoms with Gasteiger partial charge in [0.1, 0.15) is 0 Å². The predicted octanol–water partition coefficient (Wildman–Crippen LogP) is 0.389. The van der Waals surface area contributed by atoms with Crippen LogP contribution < -0.4 is 0 Å². The molecule has 0 rings (SSSR count). The van der Waals surface area contributed by atoms with Crippen LogP contribution in [-0.4, -0.2) is 0 Å². The monoisotopic (exact) mass is 508 g/mol.